The number of pyridine rings is 1. The summed E-state index contributed by atoms with van der Waals surface area (Å²) in [6.07, 6.45) is 4.59. The molecule has 0 atom stereocenters. The molecule has 3 fully saturated rings. The van der Waals surface area contributed by atoms with Gasteiger partial charge >= 0.3 is 6.09 Å². The predicted octanol–water partition coefficient (Wildman–Crippen LogP) is 2.55. The summed E-state index contributed by atoms with van der Waals surface area (Å²) in [6, 6.07) is 3.97. The van der Waals surface area contributed by atoms with Gasteiger partial charge in [-0.05, 0) is 78.1 Å². The lowest BCUT2D eigenvalue weighted by atomic mass is 9.71. The summed E-state index contributed by atoms with van der Waals surface area (Å²) in [5.74, 6) is 0.866. The van der Waals surface area contributed by atoms with E-state index in [9.17, 15) is 10.0 Å². The lowest BCUT2D eigenvalue weighted by Crippen LogP contribution is -2.50. The van der Waals surface area contributed by atoms with E-state index in [2.05, 4.69) is 33.0 Å². The number of nitrogens with two attached hydrogens (primary N) is 1. The molecule has 3 N–H and O–H groups in total. The summed E-state index contributed by atoms with van der Waals surface area (Å²) >= 11 is 0. The van der Waals surface area contributed by atoms with Crippen molar-refractivity contribution in [1.29, 1.82) is 0 Å². The van der Waals surface area contributed by atoms with Crippen LogP contribution in [0.2, 0.25) is 0 Å². The van der Waals surface area contributed by atoms with E-state index in [0.717, 1.165) is 24.6 Å². The first kappa shape index (κ1) is 25.3. The van der Waals surface area contributed by atoms with Crippen LogP contribution in [0.25, 0.3) is 0 Å². The second-order valence-corrected chi connectivity index (χ2v) is 11.3. The number of aromatic nitrogens is 1. The van der Waals surface area contributed by atoms with E-state index in [1.165, 1.54) is 38.8 Å². The number of anilines is 2. The molecule has 4 rings (SSSR count). The molecule has 35 heavy (non-hydrogen) atoms. The Morgan fingerprint density at radius 1 is 1.00 bits per heavy atom. The van der Waals surface area contributed by atoms with Crippen LogP contribution in [0.4, 0.5) is 16.3 Å². The van der Waals surface area contributed by atoms with Crippen LogP contribution in [-0.4, -0.2) is 96.9 Å². The van der Waals surface area contributed by atoms with Crippen molar-refractivity contribution in [3.63, 3.8) is 0 Å². The van der Waals surface area contributed by atoms with E-state index in [4.69, 9.17) is 15.5 Å². The highest BCUT2D eigenvalue weighted by Gasteiger charge is 2.37. The standard InChI is InChI=1S/C25H41N7O3/c1-24(2,3)35-23(33)32-15-13-30(14-16-32)19-17-20(22(26)28-34)27-21(18-19)31-11-7-25(8-12-31)5-9-29(4)10-6-25/h17-18,34H,5-16H2,1-4H3,(H2,26,28). The Bertz CT molecular complexity index is 919. The Kier molecular flexibility index (Phi) is 7.30. The molecule has 194 valence electrons. The van der Waals surface area contributed by atoms with Crippen molar-refractivity contribution in [1.82, 2.24) is 14.8 Å². The van der Waals surface area contributed by atoms with Crippen LogP contribution in [0.3, 0.4) is 0 Å². The molecule has 0 unspecified atom stereocenters. The van der Waals surface area contributed by atoms with Gasteiger partial charge in [0.1, 0.15) is 17.1 Å². The molecule has 4 heterocycles. The first-order valence-electron chi connectivity index (χ1n) is 12.7. The number of likely N-dealkylation sites (tertiary alicyclic amines) is 1. The number of ether oxygens (including phenoxy) is 1. The highest BCUT2D eigenvalue weighted by Crippen LogP contribution is 2.42. The molecule has 1 aromatic rings. The molecule has 1 spiro atoms. The zero-order chi connectivity index (χ0) is 25.2. The number of carbonyl (C=O) groups is 1. The molecule has 3 aliphatic rings. The molecule has 3 aliphatic heterocycles. The second kappa shape index (κ2) is 10.1. The first-order chi connectivity index (χ1) is 16.6. The molecule has 0 radical (unpaired) electrons. The van der Waals surface area contributed by atoms with Crippen LogP contribution < -0.4 is 15.5 Å². The largest absolute Gasteiger partial charge is 0.444 e. The van der Waals surface area contributed by atoms with E-state index in [1.807, 2.05) is 26.8 Å². The summed E-state index contributed by atoms with van der Waals surface area (Å²) < 4.78 is 5.52. The Hall–Kier alpha value is -2.75. The zero-order valence-corrected chi connectivity index (χ0v) is 21.7. The number of hydrogen-bond donors (Lipinski definition) is 2. The number of nitrogens with zero attached hydrogens (tertiary/aromatic N) is 6. The lowest BCUT2D eigenvalue weighted by Gasteiger charge is -2.46. The molecule has 1 aromatic heterocycles. The van der Waals surface area contributed by atoms with Crippen molar-refractivity contribution in [2.24, 2.45) is 16.3 Å². The smallest absolute Gasteiger partial charge is 0.410 e. The van der Waals surface area contributed by atoms with Crippen LogP contribution in [0.15, 0.2) is 17.3 Å². The molecule has 10 nitrogen and oxygen atoms in total. The van der Waals surface area contributed by atoms with Gasteiger partial charge in [0.15, 0.2) is 5.84 Å². The van der Waals surface area contributed by atoms with Gasteiger partial charge in [-0.25, -0.2) is 9.78 Å². The fourth-order valence-electron chi connectivity index (χ4n) is 5.31. The number of piperazine rings is 1. The quantitative estimate of drug-likeness (QED) is 0.290. The van der Waals surface area contributed by atoms with Crippen molar-refractivity contribution >= 4 is 23.4 Å². The third kappa shape index (κ3) is 6.09. The van der Waals surface area contributed by atoms with Gasteiger partial charge in [0.2, 0.25) is 0 Å². The maximum atomic E-state index is 12.5. The minimum atomic E-state index is -0.509. The van der Waals surface area contributed by atoms with Gasteiger partial charge in [0.25, 0.3) is 0 Å². The number of rotatable bonds is 3. The Morgan fingerprint density at radius 3 is 2.17 bits per heavy atom. The SMILES string of the molecule is CN1CCC2(CC1)CCN(c1cc(N3CCN(C(=O)OC(C)(C)C)CC3)cc(/C(N)=N/O)n1)CC2. The molecule has 10 heteroatoms. The van der Waals surface area contributed by atoms with E-state index >= 15 is 0 Å². The minimum Gasteiger partial charge on any atom is -0.444 e. The number of hydrogen-bond acceptors (Lipinski definition) is 8. The molecular weight excluding hydrogens is 446 g/mol. The fraction of sp³-hybridized carbons (Fsp3) is 0.720. The van der Waals surface area contributed by atoms with Crippen LogP contribution in [0, 0.1) is 5.41 Å². The van der Waals surface area contributed by atoms with Crippen molar-refractivity contribution < 1.29 is 14.7 Å². The topological polar surface area (TPSA) is 111 Å². The summed E-state index contributed by atoms with van der Waals surface area (Å²) in [6.45, 7) is 12.4. The van der Waals surface area contributed by atoms with Crippen molar-refractivity contribution in [3.05, 3.63) is 17.8 Å². The summed E-state index contributed by atoms with van der Waals surface area (Å²) in [5.41, 5.74) is 7.34. The zero-order valence-electron chi connectivity index (χ0n) is 21.7. The monoisotopic (exact) mass is 487 g/mol. The minimum absolute atomic E-state index is 0.00397. The van der Waals surface area contributed by atoms with Crippen molar-refractivity contribution in [3.8, 4) is 0 Å². The summed E-state index contributed by atoms with van der Waals surface area (Å²) in [7, 11) is 2.21. The van der Waals surface area contributed by atoms with E-state index in [0.29, 0.717) is 37.3 Å². The number of carbonyl (C=O) groups excluding carboxylic acids is 1. The number of piperidine rings is 2. The van der Waals surface area contributed by atoms with Gasteiger partial charge in [-0.1, -0.05) is 5.16 Å². The molecule has 0 aliphatic carbocycles. The number of amidine groups is 1. The number of oxime groups is 1. The molecule has 0 saturated carbocycles. The first-order valence-corrected chi connectivity index (χ1v) is 12.7. The number of amides is 1. The maximum Gasteiger partial charge on any atom is 0.410 e. The lowest BCUT2D eigenvalue weighted by molar-refractivity contribution is 0.0240. The van der Waals surface area contributed by atoms with Crippen LogP contribution in [-0.2, 0) is 4.74 Å². The predicted molar refractivity (Wildman–Crippen MR) is 137 cm³/mol. The third-order valence-corrected chi connectivity index (χ3v) is 7.66. The summed E-state index contributed by atoms with van der Waals surface area (Å²) in [4.78, 5) is 25.9. The molecular formula is C25H41N7O3. The Morgan fingerprint density at radius 2 is 1.60 bits per heavy atom. The Balaban J connectivity index is 1.46. The van der Waals surface area contributed by atoms with E-state index < -0.39 is 5.60 Å². The van der Waals surface area contributed by atoms with Crippen LogP contribution in [0.1, 0.15) is 52.1 Å². The van der Waals surface area contributed by atoms with Gasteiger partial charge in [0.05, 0.1) is 0 Å². The van der Waals surface area contributed by atoms with E-state index in [1.54, 1.807) is 4.90 Å². The molecule has 3 saturated heterocycles. The molecule has 0 aromatic carbocycles. The van der Waals surface area contributed by atoms with Crippen molar-refractivity contribution in [2.45, 2.75) is 52.1 Å². The average molecular weight is 488 g/mol. The summed E-state index contributed by atoms with van der Waals surface area (Å²) in [5, 5.41) is 12.5. The van der Waals surface area contributed by atoms with Gasteiger partial charge in [-0.2, -0.15) is 0 Å². The van der Waals surface area contributed by atoms with Crippen LogP contribution >= 0.6 is 0 Å². The maximum absolute atomic E-state index is 12.5. The normalized spacial score (nSPS) is 21.9. The van der Waals surface area contributed by atoms with Gasteiger partial charge in [-0.15, -0.1) is 0 Å². The molecule has 1 amide bonds. The highest BCUT2D eigenvalue weighted by molar-refractivity contribution is 5.96. The van der Waals surface area contributed by atoms with Gasteiger partial charge < -0.3 is 35.3 Å². The van der Waals surface area contributed by atoms with Gasteiger partial charge in [-0.3, -0.25) is 0 Å². The fourth-order valence-corrected chi connectivity index (χ4v) is 5.31. The van der Waals surface area contributed by atoms with Crippen molar-refractivity contribution in [2.75, 3.05) is 69.2 Å². The highest BCUT2D eigenvalue weighted by atomic mass is 16.6. The average Bonchev–Trinajstić information content (AvgIpc) is 2.85. The molecule has 0 bridgehead atoms. The van der Waals surface area contributed by atoms with E-state index in [-0.39, 0.29) is 11.9 Å². The van der Waals surface area contributed by atoms with Gasteiger partial charge in [0, 0.05) is 51.0 Å². The second-order valence-electron chi connectivity index (χ2n) is 11.3. The van der Waals surface area contributed by atoms with Crippen LogP contribution in [0.5, 0.6) is 0 Å². The third-order valence-electron chi connectivity index (χ3n) is 7.66. The Labute approximate surface area is 208 Å².